The highest BCUT2D eigenvalue weighted by Gasteiger charge is 2.17. The van der Waals surface area contributed by atoms with Crippen LogP contribution in [0.25, 0.3) is 0 Å². The van der Waals surface area contributed by atoms with Crippen LogP contribution in [0.5, 0.6) is 0 Å². The Morgan fingerprint density at radius 3 is 2.38 bits per heavy atom. The SMILES string of the molecule is Cc1ccc(CC(CCSc2ccccc2)C(=O)O)cc1. The highest BCUT2D eigenvalue weighted by molar-refractivity contribution is 7.99. The van der Waals surface area contributed by atoms with Crippen LogP contribution in [0.15, 0.2) is 59.5 Å². The lowest BCUT2D eigenvalue weighted by molar-refractivity contribution is -0.141. The lowest BCUT2D eigenvalue weighted by atomic mass is 9.96. The highest BCUT2D eigenvalue weighted by Crippen LogP contribution is 2.22. The molecule has 0 bridgehead atoms. The molecule has 21 heavy (non-hydrogen) atoms. The largest absolute Gasteiger partial charge is 0.481 e. The van der Waals surface area contributed by atoms with Crippen molar-refractivity contribution in [2.24, 2.45) is 5.92 Å². The number of benzene rings is 2. The molecule has 2 rings (SSSR count). The number of carboxylic acids is 1. The Kier molecular flexibility index (Phi) is 5.88. The third-order valence-electron chi connectivity index (χ3n) is 3.43. The average molecular weight is 300 g/mol. The fourth-order valence-electron chi connectivity index (χ4n) is 2.16. The second-order valence-electron chi connectivity index (χ2n) is 5.18. The molecule has 2 aromatic carbocycles. The summed E-state index contributed by atoms with van der Waals surface area (Å²) in [6, 6.07) is 18.2. The van der Waals surface area contributed by atoms with Crippen LogP contribution in [0.4, 0.5) is 0 Å². The minimum absolute atomic E-state index is 0.316. The Bertz CT molecular complexity index is 564. The molecule has 0 aliphatic carbocycles. The maximum absolute atomic E-state index is 11.4. The van der Waals surface area contributed by atoms with E-state index in [-0.39, 0.29) is 5.92 Å². The molecule has 0 spiro atoms. The minimum Gasteiger partial charge on any atom is -0.481 e. The number of aryl methyl sites for hydroxylation is 1. The van der Waals surface area contributed by atoms with Crippen LogP contribution in [0.2, 0.25) is 0 Å². The van der Waals surface area contributed by atoms with E-state index in [1.807, 2.05) is 49.4 Å². The summed E-state index contributed by atoms with van der Waals surface area (Å²) >= 11 is 1.72. The number of hydrogen-bond donors (Lipinski definition) is 1. The van der Waals surface area contributed by atoms with Crippen LogP contribution in [-0.4, -0.2) is 16.8 Å². The Labute approximate surface area is 130 Å². The summed E-state index contributed by atoms with van der Waals surface area (Å²) in [5, 5.41) is 9.38. The summed E-state index contributed by atoms with van der Waals surface area (Å²) in [4.78, 5) is 12.6. The molecule has 0 saturated heterocycles. The number of carbonyl (C=O) groups is 1. The van der Waals surface area contributed by atoms with Crippen LogP contribution in [-0.2, 0) is 11.2 Å². The monoisotopic (exact) mass is 300 g/mol. The summed E-state index contributed by atoms with van der Waals surface area (Å²) in [6.45, 7) is 2.04. The lowest BCUT2D eigenvalue weighted by Gasteiger charge is -2.12. The van der Waals surface area contributed by atoms with Crippen LogP contribution >= 0.6 is 11.8 Å². The van der Waals surface area contributed by atoms with Crippen molar-refractivity contribution in [1.82, 2.24) is 0 Å². The summed E-state index contributed by atoms with van der Waals surface area (Å²) in [5.74, 6) is -0.194. The molecule has 110 valence electrons. The number of carboxylic acid groups (broad SMARTS) is 1. The van der Waals surface area contributed by atoms with Crippen molar-refractivity contribution < 1.29 is 9.90 Å². The molecule has 0 saturated carbocycles. The Morgan fingerprint density at radius 2 is 1.76 bits per heavy atom. The van der Waals surface area contributed by atoms with Crippen LogP contribution in [0.3, 0.4) is 0 Å². The van der Waals surface area contributed by atoms with E-state index in [2.05, 4.69) is 12.1 Å². The maximum atomic E-state index is 11.4. The predicted octanol–water partition coefficient (Wildman–Crippen LogP) is 4.42. The van der Waals surface area contributed by atoms with Gasteiger partial charge >= 0.3 is 5.97 Å². The molecular weight excluding hydrogens is 280 g/mol. The summed E-state index contributed by atoms with van der Waals surface area (Å²) in [6.07, 6.45) is 1.29. The molecule has 0 aliphatic heterocycles. The molecule has 1 unspecified atom stereocenters. The standard InChI is InChI=1S/C18H20O2S/c1-14-7-9-15(10-8-14)13-16(18(19)20)11-12-21-17-5-3-2-4-6-17/h2-10,16H,11-13H2,1H3,(H,19,20). The van der Waals surface area contributed by atoms with E-state index in [1.54, 1.807) is 11.8 Å². The van der Waals surface area contributed by atoms with Gasteiger partial charge in [-0.3, -0.25) is 4.79 Å². The molecule has 2 nitrogen and oxygen atoms in total. The molecule has 0 aromatic heterocycles. The zero-order valence-electron chi connectivity index (χ0n) is 12.2. The van der Waals surface area contributed by atoms with Crippen molar-refractivity contribution >= 4 is 17.7 Å². The second kappa shape index (κ2) is 7.89. The van der Waals surface area contributed by atoms with Gasteiger partial charge in [0.1, 0.15) is 0 Å². The van der Waals surface area contributed by atoms with Gasteiger partial charge in [0.2, 0.25) is 0 Å². The van der Waals surface area contributed by atoms with E-state index in [0.29, 0.717) is 12.8 Å². The van der Waals surface area contributed by atoms with Gasteiger partial charge in [0.25, 0.3) is 0 Å². The van der Waals surface area contributed by atoms with Crippen LogP contribution < -0.4 is 0 Å². The van der Waals surface area contributed by atoms with Gasteiger partial charge in [-0.2, -0.15) is 0 Å². The molecule has 0 aliphatic rings. The summed E-state index contributed by atoms with van der Waals surface area (Å²) in [5.41, 5.74) is 2.29. The highest BCUT2D eigenvalue weighted by atomic mass is 32.2. The van der Waals surface area contributed by atoms with Crippen molar-refractivity contribution in [2.75, 3.05) is 5.75 Å². The predicted molar refractivity (Wildman–Crippen MR) is 87.8 cm³/mol. The first-order valence-corrected chi connectivity index (χ1v) is 8.10. The van der Waals surface area contributed by atoms with E-state index in [0.717, 1.165) is 11.3 Å². The first-order valence-electron chi connectivity index (χ1n) is 7.11. The molecule has 3 heteroatoms. The van der Waals surface area contributed by atoms with Gasteiger partial charge in [-0.05, 0) is 43.2 Å². The quantitative estimate of drug-likeness (QED) is 0.769. The first kappa shape index (κ1) is 15.6. The van der Waals surface area contributed by atoms with Crippen molar-refractivity contribution in [3.63, 3.8) is 0 Å². The van der Waals surface area contributed by atoms with Gasteiger partial charge in [0, 0.05) is 4.90 Å². The van der Waals surface area contributed by atoms with E-state index in [4.69, 9.17) is 0 Å². The van der Waals surface area contributed by atoms with E-state index >= 15 is 0 Å². The maximum Gasteiger partial charge on any atom is 0.306 e. The van der Waals surface area contributed by atoms with Crippen LogP contribution in [0.1, 0.15) is 17.5 Å². The van der Waals surface area contributed by atoms with Gasteiger partial charge in [0.15, 0.2) is 0 Å². The molecule has 0 heterocycles. The summed E-state index contributed by atoms with van der Waals surface area (Å²) < 4.78 is 0. The third-order valence-corrected chi connectivity index (χ3v) is 4.48. The van der Waals surface area contributed by atoms with Gasteiger partial charge in [-0.1, -0.05) is 48.0 Å². The Morgan fingerprint density at radius 1 is 1.10 bits per heavy atom. The Balaban J connectivity index is 1.87. The zero-order valence-corrected chi connectivity index (χ0v) is 13.0. The lowest BCUT2D eigenvalue weighted by Crippen LogP contribution is -2.17. The molecule has 0 amide bonds. The minimum atomic E-state index is -0.704. The number of hydrogen-bond acceptors (Lipinski definition) is 2. The molecule has 2 aromatic rings. The molecular formula is C18H20O2S. The van der Waals surface area contributed by atoms with Gasteiger partial charge in [-0.25, -0.2) is 0 Å². The first-order chi connectivity index (χ1) is 10.1. The summed E-state index contributed by atoms with van der Waals surface area (Å²) in [7, 11) is 0. The van der Waals surface area contributed by atoms with Crippen LogP contribution in [0, 0.1) is 12.8 Å². The normalized spacial score (nSPS) is 12.0. The fourth-order valence-corrected chi connectivity index (χ4v) is 3.14. The topological polar surface area (TPSA) is 37.3 Å². The van der Waals surface area contributed by atoms with Crippen molar-refractivity contribution in [3.05, 3.63) is 65.7 Å². The Hall–Kier alpha value is -1.74. The molecule has 0 fully saturated rings. The molecule has 1 N–H and O–H groups in total. The zero-order chi connectivity index (χ0) is 15.1. The number of aliphatic carboxylic acids is 1. The fraction of sp³-hybridized carbons (Fsp3) is 0.278. The van der Waals surface area contributed by atoms with E-state index in [9.17, 15) is 9.90 Å². The van der Waals surface area contributed by atoms with Gasteiger partial charge in [0.05, 0.1) is 5.92 Å². The third kappa shape index (κ3) is 5.27. The average Bonchev–Trinajstić information content (AvgIpc) is 2.49. The smallest absolute Gasteiger partial charge is 0.306 e. The number of thioether (sulfide) groups is 1. The van der Waals surface area contributed by atoms with Gasteiger partial charge < -0.3 is 5.11 Å². The molecule has 1 atom stereocenters. The van der Waals surface area contributed by atoms with Crippen molar-refractivity contribution in [3.8, 4) is 0 Å². The van der Waals surface area contributed by atoms with Gasteiger partial charge in [-0.15, -0.1) is 11.8 Å². The van der Waals surface area contributed by atoms with Crippen molar-refractivity contribution in [2.45, 2.75) is 24.7 Å². The number of rotatable bonds is 7. The second-order valence-corrected chi connectivity index (χ2v) is 6.34. The van der Waals surface area contributed by atoms with E-state index < -0.39 is 5.97 Å². The van der Waals surface area contributed by atoms with E-state index in [1.165, 1.54) is 10.5 Å². The van der Waals surface area contributed by atoms with Crippen molar-refractivity contribution in [1.29, 1.82) is 0 Å². The molecule has 0 radical (unpaired) electrons.